The lowest BCUT2D eigenvalue weighted by molar-refractivity contribution is 0.0949. The van der Waals surface area contributed by atoms with Crippen LogP contribution in [0, 0.1) is 13.8 Å². The zero-order chi connectivity index (χ0) is 18.4. The van der Waals surface area contributed by atoms with Crippen molar-refractivity contribution in [3.63, 3.8) is 0 Å². The molecule has 0 fully saturated rings. The van der Waals surface area contributed by atoms with Gasteiger partial charge in [-0.1, -0.05) is 48.5 Å². The molecule has 0 aliphatic carbocycles. The van der Waals surface area contributed by atoms with E-state index in [-0.39, 0.29) is 5.91 Å². The average molecular weight is 346 g/mol. The van der Waals surface area contributed by atoms with E-state index in [1.165, 1.54) is 5.56 Å². The molecule has 1 heterocycles. The molecule has 0 aliphatic heterocycles. The van der Waals surface area contributed by atoms with E-state index in [9.17, 15) is 4.79 Å². The van der Waals surface area contributed by atoms with E-state index >= 15 is 0 Å². The van der Waals surface area contributed by atoms with E-state index < -0.39 is 0 Å². The van der Waals surface area contributed by atoms with Crippen LogP contribution in [0.3, 0.4) is 0 Å². The second-order valence-electron chi connectivity index (χ2n) is 6.15. The Balaban J connectivity index is 1.66. The second-order valence-corrected chi connectivity index (χ2v) is 6.15. The number of nitrogens with zero attached hydrogens (tertiary/aromatic N) is 2. The van der Waals surface area contributed by atoms with Crippen LogP contribution in [0.15, 0.2) is 60.7 Å². The summed E-state index contributed by atoms with van der Waals surface area (Å²) >= 11 is 0. The van der Waals surface area contributed by atoms with Crippen LogP contribution in [-0.4, -0.2) is 22.4 Å². The van der Waals surface area contributed by atoms with Gasteiger partial charge in [0.15, 0.2) is 0 Å². The highest BCUT2D eigenvalue weighted by Crippen LogP contribution is 2.18. The number of nitrogens with one attached hydrogen (secondary N) is 2. The normalized spacial score (nSPS) is 10.4. The van der Waals surface area contributed by atoms with Gasteiger partial charge < -0.3 is 10.6 Å². The molecule has 3 rings (SSSR count). The number of hydrogen-bond acceptors (Lipinski definition) is 4. The number of carbonyl (C=O) groups is 1. The van der Waals surface area contributed by atoms with Crippen LogP contribution in [0.2, 0.25) is 0 Å². The highest BCUT2D eigenvalue weighted by Gasteiger charge is 2.11. The Morgan fingerprint density at radius 3 is 2.46 bits per heavy atom. The minimum atomic E-state index is -0.195. The van der Waals surface area contributed by atoms with E-state index in [2.05, 4.69) is 20.6 Å². The number of para-hydroxylation sites is 1. The molecule has 0 spiro atoms. The topological polar surface area (TPSA) is 66.9 Å². The number of hydrogen-bond donors (Lipinski definition) is 2. The summed E-state index contributed by atoms with van der Waals surface area (Å²) in [4.78, 5) is 21.2. The predicted molar refractivity (Wildman–Crippen MR) is 104 cm³/mol. The van der Waals surface area contributed by atoms with Crippen LogP contribution < -0.4 is 10.6 Å². The van der Waals surface area contributed by atoms with E-state index in [1.54, 1.807) is 6.07 Å². The zero-order valence-electron chi connectivity index (χ0n) is 15.0. The maximum absolute atomic E-state index is 12.4. The number of amides is 1. The standard InChI is InChI=1S/C21H22N4O/c1-15-8-6-7-11-18(15)24-21-23-16(2)14-19(25-21)20(26)22-13-12-17-9-4-3-5-10-17/h3-11,14H,12-13H2,1-2H3,(H,22,26)(H,23,24,25). The van der Waals surface area contributed by atoms with Gasteiger partial charge in [0, 0.05) is 17.9 Å². The summed E-state index contributed by atoms with van der Waals surface area (Å²) < 4.78 is 0. The summed E-state index contributed by atoms with van der Waals surface area (Å²) in [6, 6.07) is 19.6. The summed E-state index contributed by atoms with van der Waals surface area (Å²) in [7, 11) is 0. The minimum absolute atomic E-state index is 0.195. The van der Waals surface area contributed by atoms with Crippen molar-refractivity contribution in [1.82, 2.24) is 15.3 Å². The number of carbonyl (C=O) groups excluding carboxylic acids is 1. The van der Waals surface area contributed by atoms with E-state index in [1.807, 2.05) is 68.4 Å². The van der Waals surface area contributed by atoms with Gasteiger partial charge >= 0.3 is 0 Å². The molecule has 0 aliphatic rings. The average Bonchev–Trinajstić information content (AvgIpc) is 2.64. The van der Waals surface area contributed by atoms with Crippen molar-refractivity contribution in [2.75, 3.05) is 11.9 Å². The lowest BCUT2D eigenvalue weighted by Crippen LogP contribution is -2.27. The Morgan fingerprint density at radius 2 is 1.69 bits per heavy atom. The van der Waals surface area contributed by atoms with Crippen molar-refractivity contribution in [2.45, 2.75) is 20.3 Å². The predicted octanol–water partition coefficient (Wildman–Crippen LogP) is 3.81. The fourth-order valence-corrected chi connectivity index (χ4v) is 2.63. The molecular weight excluding hydrogens is 324 g/mol. The van der Waals surface area contributed by atoms with E-state index in [0.29, 0.717) is 18.2 Å². The van der Waals surface area contributed by atoms with Gasteiger partial charge in [-0.3, -0.25) is 4.79 Å². The second kappa shape index (κ2) is 8.25. The van der Waals surface area contributed by atoms with Gasteiger partial charge in [0.25, 0.3) is 5.91 Å². The first-order valence-electron chi connectivity index (χ1n) is 8.62. The van der Waals surface area contributed by atoms with Gasteiger partial charge in [-0.15, -0.1) is 0 Å². The first kappa shape index (κ1) is 17.6. The number of aryl methyl sites for hydroxylation is 2. The van der Waals surface area contributed by atoms with E-state index in [4.69, 9.17) is 0 Å². The fourth-order valence-electron chi connectivity index (χ4n) is 2.63. The zero-order valence-corrected chi connectivity index (χ0v) is 15.0. The first-order chi connectivity index (χ1) is 12.6. The molecule has 132 valence electrons. The molecule has 2 N–H and O–H groups in total. The van der Waals surface area contributed by atoms with Gasteiger partial charge in [-0.25, -0.2) is 9.97 Å². The number of benzene rings is 2. The summed E-state index contributed by atoms with van der Waals surface area (Å²) in [6.45, 7) is 4.42. The Labute approximate surface area is 153 Å². The Morgan fingerprint density at radius 1 is 0.962 bits per heavy atom. The summed E-state index contributed by atoms with van der Waals surface area (Å²) in [5.41, 5.74) is 4.31. The van der Waals surface area contributed by atoms with Gasteiger partial charge in [0.1, 0.15) is 5.69 Å². The van der Waals surface area contributed by atoms with Crippen molar-refractivity contribution >= 4 is 17.5 Å². The highest BCUT2D eigenvalue weighted by atomic mass is 16.1. The molecule has 0 atom stereocenters. The van der Waals surface area contributed by atoms with Crippen molar-refractivity contribution < 1.29 is 4.79 Å². The fraction of sp³-hybridized carbons (Fsp3) is 0.190. The summed E-state index contributed by atoms with van der Waals surface area (Å²) in [5, 5.41) is 6.11. The molecule has 5 nitrogen and oxygen atoms in total. The summed E-state index contributed by atoms with van der Waals surface area (Å²) in [5.74, 6) is 0.228. The minimum Gasteiger partial charge on any atom is -0.350 e. The maximum Gasteiger partial charge on any atom is 0.270 e. The number of aromatic nitrogens is 2. The van der Waals surface area contributed by atoms with Crippen molar-refractivity contribution in [1.29, 1.82) is 0 Å². The van der Waals surface area contributed by atoms with Gasteiger partial charge in [-0.2, -0.15) is 0 Å². The molecular formula is C21H22N4O. The molecule has 0 radical (unpaired) electrons. The SMILES string of the molecule is Cc1cc(C(=O)NCCc2ccccc2)nc(Nc2ccccc2C)n1. The Kier molecular flexibility index (Phi) is 5.59. The third-order valence-electron chi connectivity index (χ3n) is 4.02. The monoisotopic (exact) mass is 346 g/mol. The molecule has 0 bridgehead atoms. The van der Waals surface area contributed by atoms with Crippen molar-refractivity contribution in [3.8, 4) is 0 Å². The summed E-state index contributed by atoms with van der Waals surface area (Å²) in [6.07, 6.45) is 0.783. The van der Waals surface area contributed by atoms with Gasteiger partial charge in [0.2, 0.25) is 5.95 Å². The van der Waals surface area contributed by atoms with Crippen LogP contribution in [-0.2, 0) is 6.42 Å². The van der Waals surface area contributed by atoms with E-state index in [0.717, 1.165) is 23.4 Å². The molecule has 0 saturated carbocycles. The number of rotatable bonds is 6. The van der Waals surface area contributed by atoms with Crippen LogP contribution in [0.25, 0.3) is 0 Å². The molecule has 5 heteroatoms. The molecule has 1 amide bonds. The van der Waals surface area contributed by atoms with Crippen molar-refractivity contribution in [2.24, 2.45) is 0 Å². The smallest absolute Gasteiger partial charge is 0.270 e. The Bertz CT molecular complexity index is 894. The maximum atomic E-state index is 12.4. The van der Waals surface area contributed by atoms with Crippen LogP contribution >= 0.6 is 0 Å². The molecule has 2 aromatic carbocycles. The lowest BCUT2D eigenvalue weighted by atomic mass is 10.1. The van der Waals surface area contributed by atoms with Gasteiger partial charge in [-0.05, 0) is 43.5 Å². The van der Waals surface area contributed by atoms with Crippen LogP contribution in [0.1, 0.15) is 27.3 Å². The first-order valence-corrected chi connectivity index (χ1v) is 8.62. The lowest BCUT2D eigenvalue weighted by Gasteiger charge is -2.10. The van der Waals surface area contributed by atoms with Gasteiger partial charge in [0.05, 0.1) is 0 Å². The molecule has 1 aromatic heterocycles. The van der Waals surface area contributed by atoms with Crippen LogP contribution in [0.5, 0.6) is 0 Å². The highest BCUT2D eigenvalue weighted by molar-refractivity contribution is 5.92. The molecule has 0 unspecified atom stereocenters. The van der Waals surface area contributed by atoms with Crippen molar-refractivity contribution in [3.05, 3.63) is 83.2 Å². The van der Waals surface area contributed by atoms with Crippen LogP contribution in [0.4, 0.5) is 11.6 Å². The molecule has 26 heavy (non-hydrogen) atoms. The number of anilines is 2. The largest absolute Gasteiger partial charge is 0.350 e. The molecule has 3 aromatic rings. The quantitative estimate of drug-likeness (QED) is 0.712. The third-order valence-corrected chi connectivity index (χ3v) is 4.02. The third kappa shape index (κ3) is 4.66. The Hall–Kier alpha value is -3.21. The molecule has 0 saturated heterocycles.